The lowest BCUT2D eigenvalue weighted by Gasteiger charge is -2.22. The number of rotatable bonds is 9. The van der Waals surface area contributed by atoms with Crippen LogP contribution in [0.1, 0.15) is 48.7 Å². The van der Waals surface area contributed by atoms with Gasteiger partial charge in [0.05, 0.1) is 19.6 Å². The number of esters is 1. The Balaban J connectivity index is 2.13. The molecule has 0 saturated carbocycles. The summed E-state index contributed by atoms with van der Waals surface area (Å²) in [5.74, 6) is -0.860. The van der Waals surface area contributed by atoms with Crippen molar-refractivity contribution in [2.45, 2.75) is 38.8 Å². The fourth-order valence-electron chi connectivity index (χ4n) is 3.04. The van der Waals surface area contributed by atoms with E-state index in [1.54, 1.807) is 24.3 Å². The first-order chi connectivity index (χ1) is 13.9. The standard InChI is InChI=1S/C23H28N2O4/c1-16(2)14-20(23(28)29-3)24-21(26)15-19(17-10-6-4-7-11-17)25-22(27)18-12-8-5-9-13-18/h4-13,16,19-20H,14-15H2,1-3H3,(H,24,26)(H,25,27)/t19-,20+/m1/s1. The van der Waals surface area contributed by atoms with Crippen LogP contribution >= 0.6 is 0 Å². The average Bonchev–Trinajstić information content (AvgIpc) is 2.73. The molecule has 6 heteroatoms. The van der Waals surface area contributed by atoms with Gasteiger partial charge in [-0.3, -0.25) is 9.59 Å². The Hall–Kier alpha value is -3.15. The predicted octanol–water partition coefficient (Wildman–Crippen LogP) is 3.25. The monoisotopic (exact) mass is 396 g/mol. The Bertz CT molecular complexity index is 806. The second kappa shape index (κ2) is 11.0. The van der Waals surface area contributed by atoms with Crippen LogP contribution in [0.4, 0.5) is 0 Å². The largest absolute Gasteiger partial charge is 0.467 e. The molecule has 0 aliphatic rings. The van der Waals surface area contributed by atoms with E-state index in [0.29, 0.717) is 12.0 Å². The minimum Gasteiger partial charge on any atom is -0.467 e. The molecule has 154 valence electrons. The number of hydrogen-bond donors (Lipinski definition) is 2. The molecule has 0 aromatic heterocycles. The third-order valence-electron chi connectivity index (χ3n) is 4.46. The van der Waals surface area contributed by atoms with Crippen LogP contribution in [0, 0.1) is 5.92 Å². The quantitative estimate of drug-likeness (QED) is 0.637. The summed E-state index contributed by atoms with van der Waals surface area (Å²) < 4.78 is 4.80. The van der Waals surface area contributed by atoms with Crippen LogP contribution in [-0.2, 0) is 14.3 Å². The van der Waals surface area contributed by atoms with Gasteiger partial charge in [0.1, 0.15) is 6.04 Å². The first-order valence-corrected chi connectivity index (χ1v) is 9.68. The van der Waals surface area contributed by atoms with Gasteiger partial charge in [-0.2, -0.15) is 0 Å². The van der Waals surface area contributed by atoms with Gasteiger partial charge in [-0.05, 0) is 30.0 Å². The molecule has 2 aromatic rings. The summed E-state index contributed by atoms with van der Waals surface area (Å²) in [6, 6.07) is 16.9. The highest BCUT2D eigenvalue weighted by Crippen LogP contribution is 2.18. The molecule has 0 unspecified atom stereocenters. The molecule has 2 aromatic carbocycles. The lowest BCUT2D eigenvalue weighted by molar-refractivity contribution is -0.145. The molecule has 0 fully saturated rings. The van der Waals surface area contributed by atoms with E-state index in [-0.39, 0.29) is 24.2 Å². The molecular formula is C23H28N2O4. The number of benzene rings is 2. The molecule has 29 heavy (non-hydrogen) atoms. The Morgan fingerprint density at radius 3 is 2.03 bits per heavy atom. The van der Waals surface area contributed by atoms with E-state index >= 15 is 0 Å². The number of carbonyl (C=O) groups is 3. The Labute approximate surface area is 171 Å². The van der Waals surface area contributed by atoms with Crippen molar-refractivity contribution in [2.24, 2.45) is 5.92 Å². The van der Waals surface area contributed by atoms with Gasteiger partial charge in [-0.1, -0.05) is 62.4 Å². The van der Waals surface area contributed by atoms with Crippen LogP contribution in [0.2, 0.25) is 0 Å². The number of carbonyl (C=O) groups excluding carboxylic acids is 3. The van der Waals surface area contributed by atoms with Crippen molar-refractivity contribution in [1.29, 1.82) is 0 Å². The van der Waals surface area contributed by atoms with Crippen LogP contribution in [0.3, 0.4) is 0 Å². The summed E-state index contributed by atoms with van der Waals surface area (Å²) in [6.45, 7) is 3.93. The van der Waals surface area contributed by atoms with E-state index < -0.39 is 18.1 Å². The van der Waals surface area contributed by atoms with E-state index in [0.717, 1.165) is 5.56 Å². The highest BCUT2D eigenvalue weighted by molar-refractivity contribution is 5.94. The molecule has 0 spiro atoms. The molecule has 0 aliphatic carbocycles. The van der Waals surface area contributed by atoms with Gasteiger partial charge in [0.2, 0.25) is 5.91 Å². The zero-order valence-electron chi connectivity index (χ0n) is 17.1. The molecule has 2 N–H and O–H groups in total. The van der Waals surface area contributed by atoms with Crippen LogP contribution in [0.15, 0.2) is 60.7 Å². The maximum absolute atomic E-state index is 12.7. The Morgan fingerprint density at radius 1 is 0.897 bits per heavy atom. The number of hydrogen-bond acceptors (Lipinski definition) is 4. The zero-order valence-corrected chi connectivity index (χ0v) is 17.1. The third kappa shape index (κ3) is 7.07. The molecular weight excluding hydrogens is 368 g/mol. The van der Waals surface area contributed by atoms with E-state index in [2.05, 4.69) is 10.6 Å². The molecule has 0 bridgehead atoms. The first kappa shape index (κ1) is 22.1. The second-order valence-electron chi connectivity index (χ2n) is 7.28. The van der Waals surface area contributed by atoms with Gasteiger partial charge in [0.15, 0.2) is 0 Å². The second-order valence-corrected chi connectivity index (χ2v) is 7.28. The van der Waals surface area contributed by atoms with Crippen molar-refractivity contribution < 1.29 is 19.1 Å². The maximum atomic E-state index is 12.7. The van der Waals surface area contributed by atoms with Crippen LogP contribution in [0.25, 0.3) is 0 Å². The highest BCUT2D eigenvalue weighted by Gasteiger charge is 2.25. The third-order valence-corrected chi connectivity index (χ3v) is 4.46. The van der Waals surface area contributed by atoms with Crippen molar-refractivity contribution in [1.82, 2.24) is 10.6 Å². The van der Waals surface area contributed by atoms with Crippen LogP contribution in [0.5, 0.6) is 0 Å². The van der Waals surface area contributed by atoms with Crippen molar-refractivity contribution in [3.63, 3.8) is 0 Å². The van der Waals surface area contributed by atoms with Crippen LogP contribution < -0.4 is 10.6 Å². The van der Waals surface area contributed by atoms with Gasteiger partial charge in [-0.15, -0.1) is 0 Å². The topological polar surface area (TPSA) is 84.5 Å². The molecule has 0 saturated heterocycles. The normalized spacial score (nSPS) is 12.7. The summed E-state index contributed by atoms with van der Waals surface area (Å²) in [4.78, 5) is 37.3. The molecule has 6 nitrogen and oxygen atoms in total. The van der Waals surface area contributed by atoms with Gasteiger partial charge in [0.25, 0.3) is 5.91 Å². The lowest BCUT2D eigenvalue weighted by atomic mass is 10.0. The first-order valence-electron chi connectivity index (χ1n) is 9.68. The number of methoxy groups -OCH3 is 1. The summed E-state index contributed by atoms with van der Waals surface area (Å²) >= 11 is 0. The van der Waals surface area contributed by atoms with Crippen molar-refractivity contribution >= 4 is 17.8 Å². The van der Waals surface area contributed by atoms with E-state index in [9.17, 15) is 14.4 Å². The summed E-state index contributed by atoms with van der Waals surface area (Å²) in [7, 11) is 1.30. The molecule has 0 aliphatic heterocycles. The zero-order chi connectivity index (χ0) is 21.2. The lowest BCUT2D eigenvalue weighted by Crippen LogP contribution is -2.44. The average molecular weight is 396 g/mol. The number of nitrogens with one attached hydrogen (secondary N) is 2. The van der Waals surface area contributed by atoms with Gasteiger partial charge in [0, 0.05) is 5.56 Å². The highest BCUT2D eigenvalue weighted by atomic mass is 16.5. The minimum atomic E-state index is -0.714. The Morgan fingerprint density at radius 2 is 1.48 bits per heavy atom. The maximum Gasteiger partial charge on any atom is 0.328 e. The van der Waals surface area contributed by atoms with Gasteiger partial charge in [-0.25, -0.2) is 4.79 Å². The SMILES string of the molecule is COC(=O)[C@H](CC(C)C)NC(=O)C[C@@H](NC(=O)c1ccccc1)c1ccccc1. The smallest absolute Gasteiger partial charge is 0.328 e. The van der Waals surface area contributed by atoms with Gasteiger partial charge >= 0.3 is 5.97 Å². The van der Waals surface area contributed by atoms with Crippen molar-refractivity contribution in [3.05, 3.63) is 71.8 Å². The van der Waals surface area contributed by atoms with Crippen LogP contribution in [-0.4, -0.2) is 30.9 Å². The summed E-state index contributed by atoms with van der Waals surface area (Å²) in [6.07, 6.45) is 0.485. The molecule has 2 atom stereocenters. The molecule has 2 rings (SSSR count). The summed E-state index contributed by atoms with van der Waals surface area (Å²) in [5, 5.41) is 5.67. The predicted molar refractivity (Wildman–Crippen MR) is 111 cm³/mol. The molecule has 0 heterocycles. The van der Waals surface area contributed by atoms with E-state index in [1.807, 2.05) is 50.2 Å². The molecule has 0 radical (unpaired) electrons. The summed E-state index contributed by atoms with van der Waals surface area (Å²) in [5.41, 5.74) is 1.33. The minimum absolute atomic E-state index is 0.00811. The number of ether oxygens (including phenoxy) is 1. The number of amides is 2. The van der Waals surface area contributed by atoms with Gasteiger partial charge < -0.3 is 15.4 Å². The Kier molecular flexibility index (Phi) is 8.40. The van der Waals surface area contributed by atoms with E-state index in [4.69, 9.17) is 4.74 Å². The van der Waals surface area contributed by atoms with Crippen molar-refractivity contribution in [2.75, 3.05) is 7.11 Å². The van der Waals surface area contributed by atoms with E-state index in [1.165, 1.54) is 7.11 Å². The fraction of sp³-hybridized carbons (Fsp3) is 0.348. The fourth-order valence-corrected chi connectivity index (χ4v) is 3.04. The molecule has 2 amide bonds. The van der Waals surface area contributed by atoms with Crippen molar-refractivity contribution in [3.8, 4) is 0 Å².